The van der Waals surface area contributed by atoms with Crippen LogP contribution in [0.25, 0.3) is 0 Å². The van der Waals surface area contributed by atoms with E-state index in [0.717, 1.165) is 12.5 Å². The first-order valence-electron chi connectivity index (χ1n) is 5.23. The molecule has 1 aromatic rings. The zero-order valence-electron chi connectivity index (χ0n) is 8.42. The van der Waals surface area contributed by atoms with Crippen molar-refractivity contribution in [1.82, 2.24) is 5.32 Å². The summed E-state index contributed by atoms with van der Waals surface area (Å²) >= 11 is 5.30. The normalized spacial score (nSPS) is 19.3. The van der Waals surface area contributed by atoms with E-state index in [0.29, 0.717) is 6.04 Å². The standard InChI is InChI=1S/C11H16BrNS/c1-8(9-3-2-4-9)13-7-10-5-6-11(12)14-10/h5-6,8-9,13H,2-4,7H2,1H3. The molecule has 1 fully saturated rings. The Morgan fingerprint density at radius 3 is 2.86 bits per heavy atom. The molecule has 0 bridgehead atoms. The van der Waals surface area contributed by atoms with Crippen molar-refractivity contribution < 1.29 is 0 Å². The molecule has 1 aliphatic rings. The smallest absolute Gasteiger partial charge is 0.0701 e. The maximum absolute atomic E-state index is 3.60. The molecule has 0 saturated heterocycles. The molecular weight excluding hydrogens is 258 g/mol. The zero-order chi connectivity index (χ0) is 9.97. The first-order chi connectivity index (χ1) is 6.75. The molecule has 3 heteroatoms. The van der Waals surface area contributed by atoms with Crippen LogP contribution in [0.1, 0.15) is 31.1 Å². The molecule has 78 valence electrons. The SMILES string of the molecule is CC(NCc1ccc(Br)s1)C1CCC1. The molecule has 1 unspecified atom stereocenters. The van der Waals surface area contributed by atoms with Gasteiger partial charge >= 0.3 is 0 Å². The summed E-state index contributed by atoms with van der Waals surface area (Å²) in [6.07, 6.45) is 4.27. The lowest BCUT2D eigenvalue weighted by molar-refractivity contribution is 0.240. The van der Waals surface area contributed by atoms with Crippen LogP contribution in [-0.4, -0.2) is 6.04 Å². The van der Waals surface area contributed by atoms with Crippen LogP contribution in [0.3, 0.4) is 0 Å². The topological polar surface area (TPSA) is 12.0 Å². The van der Waals surface area contributed by atoms with Crippen LogP contribution in [0.2, 0.25) is 0 Å². The van der Waals surface area contributed by atoms with Gasteiger partial charge in [-0.2, -0.15) is 0 Å². The fourth-order valence-electron chi connectivity index (χ4n) is 1.81. The maximum Gasteiger partial charge on any atom is 0.0701 e. The van der Waals surface area contributed by atoms with Crippen molar-refractivity contribution in [2.75, 3.05) is 0 Å². The third-order valence-corrected chi connectivity index (χ3v) is 4.71. The molecule has 0 amide bonds. The predicted molar refractivity (Wildman–Crippen MR) is 65.7 cm³/mol. The number of rotatable bonds is 4. The van der Waals surface area contributed by atoms with E-state index in [1.165, 1.54) is 27.9 Å². The highest BCUT2D eigenvalue weighted by atomic mass is 79.9. The summed E-state index contributed by atoms with van der Waals surface area (Å²) in [6.45, 7) is 3.33. The van der Waals surface area contributed by atoms with Crippen molar-refractivity contribution in [2.45, 2.75) is 38.8 Å². The number of halogens is 1. The molecule has 14 heavy (non-hydrogen) atoms. The molecule has 0 aliphatic heterocycles. The van der Waals surface area contributed by atoms with Crippen LogP contribution in [0.5, 0.6) is 0 Å². The number of nitrogens with one attached hydrogen (secondary N) is 1. The second-order valence-electron chi connectivity index (χ2n) is 4.07. The summed E-state index contributed by atoms with van der Waals surface area (Å²) in [6, 6.07) is 5.00. The molecule has 0 spiro atoms. The van der Waals surface area contributed by atoms with Gasteiger partial charge < -0.3 is 5.32 Å². The van der Waals surface area contributed by atoms with Gasteiger partial charge in [0.2, 0.25) is 0 Å². The van der Waals surface area contributed by atoms with Gasteiger partial charge in [-0.05, 0) is 53.7 Å². The molecule has 1 aliphatic carbocycles. The van der Waals surface area contributed by atoms with E-state index in [1.807, 2.05) is 11.3 Å². The minimum Gasteiger partial charge on any atom is -0.309 e. The largest absolute Gasteiger partial charge is 0.309 e. The van der Waals surface area contributed by atoms with E-state index >= 15 is 0 Å². The molecule has 1 aromatic heterocycles. The third kappa shape index (κ3) is 2.59. The fraction of sp³-hybridized carbons (Fsp3) is 0.636. The highest BCUT2D eigenvalue weighted by Gasteiger charge is 2.23. The van der Waals surface area contributed by atoms with E-state index in [-0.39, 0.29) is 0 Å². The van der Waals surface area contributed by atoms with E-state index in [2.05, 4.69) is 40.3 Å². The van der Waals surface area contributed by atoms with E-state index < -0.39 is 0 Å². The summed E-state index contributed by atoms with van der Waals surface area (Å²) in [5.41, 5.74) is 0. The molecule has 1 heterocycles. The van der Waals surface area contributed by atoms with E-state index in [9.17, 15) is 0 Å². The van der Waals surface area contributed by atoms with Gasteiger partial charge in [-0.3, -0.25) is 0 Å². The van der Waals surface area contributed by atoms with Crippen LogP contribution in [0.15, 0.2) is 15.9 Å². The molecule has 1 atom stereocenters. The molecule has 1 N–H and O–H groups in total. The lowest BCUT2D eigenvalue weighted by Gasteiger charge is -2.31. The van der Waals surface area contributed by atoms with Crippen LogP contribution in [-0.2, 0) is 6.54 Å². The molecule has 2 rings (SSSR count). The fourth-order valence-corrected chi connectivity index (χ4v) is 3.25. The average Bonchev–Trinajstić information content (AvgIpc) is 2.45. The zero-order valence-corrected chi connectivity index (χ0v) is 10.8. The van der Waals surface area contributed by atoms with Gasteiger partial charge in [0.15, 0.2) is 0 Å². The summed E-state index contributed by atoms with van der Waals surface area (Å²) in [5.74, 6) is 0.929. The number of hydrogen-bond donors (Lipinski definition) is 1. The highest BCUT2D eigenvalue weighted by molar-refractivity contribution is 9.11. The Balaban J connectivity index is 1.76. The van der Waals surface area contributed by atoms with Crippen molar-refractivity contribution in [1.29, 1.82) is 0 Å². The van der Waals surface area contributed by atoms with Crippen LogP contribution in [0, 0.1) is 5.92 Å². The van der Waals surface area contributed by atoms with Gasteiger partial charge in [0.25, 0.3) is 0 Å². The Morgan fingerprint density at radius 1 is 1.57 bits per heavy atom. The highest BCUT2D eigenvalue weighted by Crippen LogP contribution is 2.29. The summed E-state index contributed by atoms with van der Waals surface area (Å²) < 4.78 is 1.23. The van der Waals surface area contributed by atoms with Crippen LogP contribution < -0.4 is 5.32 Å². The Labute approximate surface area is 98.0 Å². The average molecular weight is 274 g/mol. The van der Waals surface area contributed by atoms with Crippen LogP contribution >= 0.6 is 27.3 Å². The van der Waals surface area contributed by atoms with Gasteiger partial charge in [0, 0.05) is 17.5 Å². The van der Waals surface area contributed by atoms with Crippen LogP contribution in [0.4, 0.5) is 0 Å². The molecule has 0 aromatic carbocycles. The van der Waals surface area contributed by atoms with Crippen molar-refractivity contribution in [3.8, 4) is 0 Å². The number of thiophene rings is 1. The van der Waals surface area contributed by atoms with Gasteiger partial charge in [0.1, 0.15) is 0 Å². The van der Waals surface area contributed by atoms with Crippen molar-refractivity contribution in [3.05, 3.63) is 20.8 Å². The lowest BCUT2D eigenvalue weighted by Crippen LogP contribution is -2.36. The minimum absolute atomic E-state index is 0.685. The van der Waals surface area contributed by atoms with Gasteiger partial charge in [-0.25, -0.2) is 0 Å². The van der Waals surface area contributed by atoms with E-state index in [4.69, 9.17) is 0 Å². The van der Waals surface area contributed by atoms with Crippen molar-refractivity contribution >= 4 is 27.3 Å². The summed E-state index contributed by atoms with van der Waals surface area (Å²) in [7, 11) is 0. The second kappa shape index (κ2) is 4.77. The number of hydrogen-bond acceptors (Lipinski definition) is 2. The summed E-state index contributed by atoms with van der Waals surface area (Å²) in [4.78, 5) is 1.42. The van der Waals surface area contributed by atoms with Gasteiger partial charge in [-0.15, -0.1) is 11.3 Å². The first-order valence-corrected chi connectivity index (χ1v) is 6.84. The molecule has 0 radical (unpaired) electrons. The molecular formula is C11H16BrNS. The lowest BCUT2D eigenvalue weighted by atomic mass is 9.80. The Hall–Kier alpha value is 0.140. The first kappa shape index (κ1) is 10.7. The monoisotopic (exact) mass is 273 g/mol. The Kier molecular flexibility index (Phi) is 3.63. The second-order valence-corrected chi connectivity index (χ2v) is 6.61. The Morgan fingerprint density at radius 2 is 2.36 bits per heavy atom. The molecule has 1 nitrogen and oxygen atoms in total. The quantitative estimate of drug-likeness (QED) is 0.880. The Bertz CT molecular complexity index is 293. The van der Waals surface area contributed by atoms with Crippen molar-refractivity contribution in [3.63, 3.8) is 0 Å². The van der Waals surface area contributed by atoms with E-state index in [1.54, 1.807) is 0 Å². The third-order valence-electron chi connectivity index (χ3n) is 3.08. The molecule has 1 saturated carbocycles. The van der Waals surface area contributed by atoms with Gasteiger partial charge in [-0.1, -0.05) is 6.42 Å². The summed E-state index contributed by atoms with van der Waals surface area (Å²) in [5, 5.41) is 3.60. The predicted octanol–water partition coefficient (Wildman–Crippen LogP) is 3.79. The van der Waals surface area contributed by atoms with Gasteiger partial charge in [0.05, 0.1) is 3.79 Å². The van der Waals surface area contributed by atoms with Crippen molar-refractivity contribution in [2.24, 2.45) is 5.92 Å². The maximum atomic E-state index is 3.60. The minimum atomic E-state index is 0.685.